The second-order valence-corrected chi connectivity index (χ2v) is 5.29. The number of amides is 1. The molecule has 4 nitrogen and oxygen atoms in total. The molecule has 100 valence electrons. The van der Waals surface area contributed by atoms with Gasteiger partial charge in [0.25, 0.3) is 0 Å². The number of rotatable bonds is 6. The summed E-state index contributed by atoms with van der Waals surface area (Å²) in [6.07, 6.45) is 3.26. The second-order valence-electron chi connectivity index (χ2n) is 5.29. The minimum Gasteiger partial charge on any atom is -0.377 e. The van der Waals surface area contributed by atoms with Crippen LogP contribution in [0.5, 0.6) is 0 Å². The maximum Gasteiger partial charge on any atom is 0.234 e. The molecular weight excluding hydrogens is 216 g/mol. The van der Waals surface area contributed by atoms with E-state index in [1.54, 1.807) is 0 Å². The van der Waals surface area contributed by atoms with Crippen LogP contribution in [-0.4, -0.2) is 36.7 Å². The highest BCUT2D eigenvalue weighted by Gasteiger charge is 2.36. The van der Waals surface area contributed by atoms with Gasteiger partial charge in [-0.3, -0.25) is 4.79 Å². The zero-order valence-electron chi connectivity index (χ0n) is 11.5. The van der Waals surface area contributed by atoms with Gasteiger partial charge >= 0.3 is 0 Å². The van der Waals surface area contributed by atoms with Crippen molar-refractivity contribution in [3.8, 4) is 0 Å². The number of hydrogen-bond acceptors (Lipinski definition) is 3. The van der Waals surface area contributed by atoms with Gasteiger partial charge in [0.1, 0.15) is 0 Å². The number of ether oxygens (including phenoxy) is 1. The third-order valence-electron chi connectivity index (χ3n) is 3.67. The average molecular weight is 242 g/mol. The molecule has 1 saturated heterocycles. The SMILES string of the molecule is CCCC(C)NC(=O)CNC1(C)CCOC1C. The molecule has 1 fully saturated rings. The Morgan fingerprint density at radius 1 is 1.59 bits per heavy atom. The van der Waals surface area contributed by atoms with Crippen molar-refractivity contribution in [2.75, 3.05) is 13.2 Å². The molecule has 0 aromatic carbocycles. The molecule has 0 aromatic rings. The van der Waals surface area contributed by atoms with Gasteiger partial charge in [-0.25, -0.2) is 0 Å². The molecule has 1 aliphatic heterocycles. The van der Waals surface area contributed by atoms with E-state index in [0.29, 0.717) is 6.54 Å². The Bertz CT molecular complexity index is 258. The molecule has 0 aromatic heterocycles. The zero-order valence-corrected chi connectivity index (χ0v) is 11.5. The summed E-state index contributed by atoms with van der Waals surface area (Å²) in [5.74, 6) is 0.0753. The Morgan fingerprint density at radius 3 is 2.82 bits per heavy atom. The molecule has 1 aliphatic rings. The van der Waals surface area contributed by atoms with Gasteiger partial charge in [0.15, 0.2) is 0 Å². The molecule has 1 heterocycles. The molecule has 17 heavy (non-hydrogen) atoms. The van der Waals surface area contributed by atoms with E-state index in [1.165, 1.54) is 0 Å². The van der Waals surface area contributed by atoms with Gasteiger partial charge in [0.2, 0.25) is 5.91 Å². The lowest BCUT2D eigenvalue weighted by Gasteiger charge is -2.29. The van der Waals surface area contributed by atoms with E-state index < -0.39 is 0 Å². The quantitative estimate of drug-likeness (QED) is 0.741. The van der Waals surface area contributed by atoms with E-state index in [2.05, 4.69) is 31.4 Å². The molecule has 1 rings (SSSR count). The van der Waals surface area contributed by atoms with Crippen LogP contribution < -0.4 is 10.6 Å². The van der Waals surface area contributed by atoms with Crippen molar-refractivity contribution < 1.29 is 9.53 Å². The van der Waals surface area contributed by atoms with Crippen molar-refractivity contribution in [1.29, 1.82) is 0 Å². The fourth-order valence-corrected chi connectivity index (χ4v) is 2.18. The molecular formula is C13H26N2O2. The van der Waals surface area contributed by atoms with Gasteiger partial charge < -0.3 is 15.4 Å². The van der Waals surface area contributed by atoms with Crippen LogP contribution in [0.3, 0.4) is 0 Å². The summed E-state index contributed by atoms with van der Waals surface area (Å²) in [7, 11) is 0. The molecule has 0 aliphatic carbocycles. The topological polar surface area (TPSA) is 50.4 Å². The van der Waals surface area contributed by atoms with Crippen LogP contribution in [0.2, 0.25) is 0 Å². The summed E-state index contributed by atoms with van der Waals surface area (Å²) < 4.78 is 5.53. The second kappa shape index (κ2) is 6.36. The number of hydrogen-bond donors (Lipinski definition) is 2. The van der Waals surface area contributed by atoms with E-state index in [9.17, 15) is 4.79 Å². The predicted molar refractivity (Wildman–Crippen MR) is 69.0 cm³/mol. The molecule has 0 bridgehead atoms. The summed E-state index contributed by atoms with van der Waals surface area (Å²) in [4.78, 5) is 11.7. The Kier molecular flexibility index (Phi) is 5.40. The van der Waals surface area contributed by atoms with Crippen LogP contribution in [0.15, 0.2) is 0 Å². The predicted octanol–water partition coefficient (Wildman–Crippen LogP) is 1.45. The normalized spacial score (nSPS) is 30.2. The lowest BCUT2D eigenvalue weighted by molar-refractivity contribution is -0.121. The smallest absolute Gasteiger partial charge is 0.234 e. The van der Waals surface area contributed by atoms with Crippen molar-refractivity contribution in [3.05, 3.63) is 0 Å². The van der Waals surface area contributed by atoms with Crippen LogP contribution in [0.4, 0.5) is 0 Å². The first-order valence-corrected chi connectivity index (χ1v) is 6.64. The first-order chi connectivity index (χ1) is 7.98. The van der Waals surface area contributed by atoms with Crippen molar-refractivity contribution in [1.82, 2.24) is 10.6 Å². The molecule has 0 saturated carbocycles. The Balaban J connectivity index is 2.28. The van der Waals surface area contributed by atoms with Crippen molar-refractivity contribution in [3.63, 3.8) is 0 Å². The van der Waals surface area contributed by atoms with Crippen molar-refractivity contribution in [2.45, 2.75) is 64.6 Å². The maximum atomic E-state index is 11.7. The highest BCUT2D eigenvalue weighted by atomic mass is 16.5. The minimum absolute atomic E-state index is 0.0642. The van der Waals surface area contributed by atoms with E-state index in [4.69, 9.17) is 4.74 Å². The summed E-state index contributed by atoms with van der Waals surface area (Å²) in [5, 5.41) is 6.31. The van der Waals surface area contributed by atoms with E-state index in [0.717, 1.165) is 25.9 Å². The van der Waals surface area contributed by atoms with Gasteiger partial charge in [-0.15, -0.1) is 0 Å². The zero-order chi connectivity index (χ0) is 12.9. The largest absolute Gasteiger partial charge is 0.377 e. The summed E-state index contributed by atoms with van der Waals surface area (Å²) in [5.41, 5.74) is -0.0642. The standard InChI is InChI=1S/C13H26N2O2/c1-5-6-10(2)15-12(16)9-14-13(4)7-8-17-11(13)3/h10-11,14H,5-9H2,1-4H3,(H,15,16). The van der Waals surface area contributed by atoms with Gasteiger partial charge in [-0.2, -0.15) is 0 Å². The van der Waals surface area contributed by atoms with Gasteiger partial charge in [-0.05, 0) is 33.6 Å². The molecule has 3 unspecified atom stereocenters. The first kappa shape index (κ1) is 14.5. The lowest BCUT2D eigenvalue weighted by Crippen LogP contribution is -2.52. The summed E-state index contributed by atoms with van der Waals surface area (Å²) >= 11 is 0. The monoisotopic (exact) mass is 242 g/mol. The number of nitrogens with one attached hydrogen (secondary N) is 2. The average Bonchev–Trinajstić information content (AvgIpc) is 2.57. The highest BCUT2D eigenvalue weighted by molar-refractivity contribution is 5.78. The van der Waals surface area contributed by atoms with Crippen LogP contribution >= 0.6 is 0 Å². The summed E-state index contributed by atoms with van der Waals surface area (Å²) in [6.45, 7) is 9.49. The van der Waals surface area contributed by atoms with E-state index in [-0.39, 0.29) is 23.6 Å². The first-order valence-electron chi connectivity index (χ1n) is 6.64. The number of carbonyl (C=O) groups excluding carboxylic acids is 1. The van der Waals surface area contributed by atoms with E-state index >= 15 is 0 Å². The molecule has 4 heteroatoms. The summed E-state index contributed by atoms with van der Waals surface area (Å²) in [6, 6.07) is 0.263. The van der Waals surface area contributed by atoms with Gasteiger partial charge in [-0.1, -0.05) is 13.3 Å². The van der Waals surface area contributed by atoms with Crippen LogP contribution in [0.1, 0.15) is 47.0 Å². The van der Waals surface area contributed by atoms with Crippen LogP contribution in [0, 0.1) is 0 Å². The van der Waals surface area contributed by atoms with E-state index in [1.807, 2.05) is 6.92 Å². The Hall–Kier alpha value is -0.610. The molecule has 0 spiro atoms. The van der Waals surface area contributed by atoms with Gasteiger partial charge in [0, 0.05) is 18.2 Å². The Morgan fingerprint density at radius 2 is 2.29 bits per heavy atom. The van der Waals surface area contributed by atoms with Crippen molar-refractivity contribution >= 4 is 5.91 Å². The fraction of sp³-hybridized carbons (Fsp3) is 0.923. The molecule has 3 atom stereocenters. The molecule has 0 radical (unpaired) electrons. The van der Waals surface area contributed by atoms with Crippen LogP contribution in [-0.2, 0) is 9.53 Å². The third kappa shape index (κ3) is 4.28. The lowest BCUT2D eigenvalue weighted by atomic mass is 9.95. The van der Waals surface area contributed by atoms with Gasteiger partial charge in [0.05, 0.1) is 12.6 Å². The van der Waals surface area contributed by atoms with Crippen molar-refractivity contribution in [2.24, 2.45) is 0 Å². The third-order valence-corrected chi connectivity index (χ3v) is 3.67. The minimum atomic E-state index is -0.0642. The maximum absolute atomic E-state index is 11.7. The number of carbonyl (C=O) groups is 1. The highest BCUT2D eigenvalue weighted by Crippen LogP contribution is 2.24. The van der Waals surface area contributed by atoms with Crippen LogP contribution in [0.25, 0.3) is 0 Å². The fourth-order valence-electron chi connectivity index (χ4n) is 2.18. The Labute approximate surface area is 104 Å². The molecule has 1 amide bonds. The molecule has 2 N–H and O–H groups in total.